The van der Waals surface area contributed by atoms with E-state index in [0.717, 1.165) is 33.7 Å². The summed E-state index contributed by atoms with van der Waals surface area (Å²) in [6.45, 7) is 5.78. The predicted octanol–water partition coefficient (Wildman–Crippen LogP) is 5.29. The highest BCUT2D eigenvalue weighted by Gasteiger charge is 2.40. The molecule has 1 N–H and O–H groups in total. The van der Waals surface area contributed by atoms with E-state index >= 15 is 0 Å². The maximum absolute atomic E-state index is 13.8. The zero-order chi connectivity index (χ0) is 22.3. The van der Waals surface area contributed by atoms with Gasteiger partial charge in [-0.25, -0.2) is 13.7 Å². The fourth-order valence-electron chi connectivity index (χ4n) is 3.51. The number of carbonyl (C=O) groups excluding carboxylic acids is 2. The number of nitrogens with zero attached hydrogens (tertiary/aromatic N) is 1. The Morgan fingerprint density at radius 1 is 0.806 bits per heavy atom. The lowest BCUT2D eigenvalue weighted by Crippen LogP contribution is -2.32. The summed E-state index contributed by atoms with van der Waals surface area (Å²) in [6.07, 6.45) is 0. The molecule has 31 heavy (non-hydrogen) atoms. The number of hydrogen-bond donors (Lipinski definition) is 1. The molecule has 1 heterocycles. The first-order valence-electron chi connectivity index (χ1n) is 9.76. The number of hydrogen-bond acceptors (Lipinski definition) is 3. The molecule has 3 aromatic carbocycles. The zero-order valence-corrected chi connectivity index (χ0v) is 17.3. The summed E-state index contributed by atoms with van der Waals surface area (Å²) in [5.41, 5.74) is 4.44. The summed E-state index contributed by atoms with van der Waals surface area (Å²) in [7, 11) is 0. The van der Waals surface area contributed by atoms with Crippen LogP contribution >= 0.6 is 0 Å². The summed E-state index contributed by atoms with van der Waals surface area (Å²) in [6, 6.07) is 15.8. The molecule has 0 bridgehead atoms. The van der Waals surface area contributed by atoms with Crippen LogP contribution in [0.2, 0.25) is 0 Å². The topological polar surface area (TPSA) is 49.4 Å². The van der Waals surface area contributed by atoms with Gasteiger partial charge in [-0.1, -0.05) is 42.0 Å². The lowest BCUT2D eigenvalue weighted by atomic mass is 10.0. The number of imide groups is 1. The van der Waals surface area contributed by atoms with E-state index in [1.165, 1.54) is 6.07 Å². The summed E-state index contributed by atoms with van der Waals surface area (Å²) in [5, 5.41) is 3.12. The molecule has 0 radical (unpaired) electrons. The van der Waals surface area contributed by atoms with E-state index in [2.05, 4.69) is 5.32 Å². The Balaban J connectivity index is 1.85. The van der Waals surface area contributed by atoms with Gasteiger partial charge in [0.15, 0.2) is 11.6 Å². The van der Waals surface area contributed by atoms with Gasteiger partial charge >= 0.3 is 0 Å². The van der Waals surface area contributed by atoms with Crippen molar-refractivity contribution in [3.8, 4) is 0 Å². The van der Waals surface area contributed by atoms with Gasteiger partial charge in [-0.15, -0.1) is 0 Å². The Kier molecular flexibility index (Phi) is 5.15. The molecule has 0 unspecified atom stereocenters. The molecule has 1 aliphatic heterocycles. The van der Waals surface area contributed by atoms with Crippen molar-refractivity contribution in [1.82, 2.24) is 0 Å². The molecule has 0 aromatic heterocycles. The number of rotatable bonds is 4. The van der Waals surface area contributed by atoms with Gasteiger partial charge in [-0.3, -0.25) is 9.59 Å². The molecule has 0 fully saturated rings. The second kappa shape index (κ2) is 7.80. The van der Waals surface area contributed by atoms with Crippen molar-refractivity contribution < 1.29 is 18.4 Å². The maximum Gasteiger partial charge on any atom is 0.282 e. The summed E-state index contributed by atoms with van der Waals surface area (Å²) < 4.78 is 27.3. The number of amides is 2. The van der Waals surface area contributed by atoms with Gasteiger partial charge < -0.3 is 5.32 Å². The summed E-state index contributed by atoms with van der Waals surface area (Å²) in [5.74, 6) is -3.42. The maximum atomic E-state index is 13.8. The molecule has 0 saturated carbocycles. The van der Waals surface area contributed by atoms with Crippen LogP contribution in [-0.2, 0) is 9.59 Å². The van der Waals surface area contributed by atoms with E-state index in [1.807, 2.05) is 51.1 Å². The number of nitrogens with one attached hydrogen (secondary N) is 1. The average molecular weight is 418 g/mol. The minimum Gasteiger partial charge on any atom is -0.350 e. The van der Waals surface area contributed by atoms with Crippen LogP contribution in [-0.4, -0.2) is 11.8 Å². The van der Waals surface area contributed by atoms with Crippen LogP contribution in [0.5, 0.6) is 0 Å². The monoisotopic (exact) mass is 418 g/mol. The van der Waals surface area contributed by atoms with Crippen molar-refractivity contribution in [2.24, 2.45) is 0 Å². The Morgan fingerprint density at radius 3 is 2.19 bits per heavy atom. The minimum atomic E-state index is -1.13. The molecule has 1 aliphatic rings. The number of carbonyl (C=O) groups is 2. The second-order valence-corrected chi connectivity index (χ2v) is 7.53. The fraction of sp³-hybridized carbons (Fsp3) is 0.120. The van der Waals surface area contributed by atoms with Crippen LogP contribution in [0.1, 0.15) is 22.3 Å². The fourth-order valence-corrected chi connectivity index (χ4v) is 3.51. The SMILES string of the molecule is Cc1ccc(C2=C(Nc3cccc(C)c3C)C(=O)N(c3ccc(F)c(F)c3)C2=O)cc1. The molecule has 2 amide bonds. The molecule has 0 atom stereocenters. The molecule has 3 aromatic rings. The highest BCUT2D eigenvalue weighted by atomic mass is 19.2. The van der Waals surface area contributed by atoms with E-state index in [4.69, 9.17) is 0 Å². The lowest BCUT2D eigenvalue weighted by molar-refractivity contribution is -0.120. The molecule has 0 saturated heterocycles. The third-order valence-corrected chi connectivity index (χ3v) is 5.45. The third kappa shape index (κ3) is 3.61. The first-order chi connectivity index (χ1) is 14.8. The zero-order valence-electron chi connectivity index (χ0n) is 17.3. The van der Waals surface area contributed by atoms with E-state index in [-0.39, 0.29) is 17.0 Å². The van der Waals surface area contributed by atoms with Gasteiger partial charge in [0.1, 0.15) is 5.70 Å². The van der Waals surface area contributed by atoms with Crippen LogP contribution < -0.4 is 10.2 Å². The Hall–Kier alpha value is -3.80. The van der Waals surface area contributed by atoms with Gasteiger partial charge in [0, 0.05) is 11.8 Å². The molecular formula is C25H20F2N2O2. The smallest absolute Gasteiger partial charge is 0.282 e. The first kappa shape index (κ1) is 20.5. The lowest BCUT2D eigenvalue weighted by Gasteiger charge is -2.16. The molecular weight excluding hydrogens is 398 g/mol. The van der Waals surface area contributed by atoms with Crippen molar-refractivity contribution >= 4 is 28.8 Å². The average Bonchev–Trinajstić information content (AvgIpc) is 2.98. The molecule has 0 spiro atoms. The van der Waals surface area contributed by atoms with Crippen molar-refractivity contribution in [3.63, 3.8) is 0 Å². The summed E-state index contributed by atoms with van der Waals surface area (Å²) >= 11 is 0. The van der Waals surface area contributed by atoms with Gasteiger partial charge in [0.25, 0.3) is 11.8 Å². The van der Waals surface area contributed by atoms with Crippen LogP contribution in [0.25, 0.3) is 5.57 Å². The number of halogens is 2. The highest BCUT2D eigenvalue weighted by Crippen LogP contribution is 2.35. The molecule has 156 valence electrons. The molecule has 6 heteroatoms. The van der Waals surface area contributed by atoms with E-state index in [0.29, 0.717) is 11.3 Å². The van der Waals surface area contributed by atoms with Crippen molar-refractivity contribution in [2.75, 3.05) is 10.2 Å². The van der Waals surface area contributed by atoms with Crippen molar-refractivity contribution in [1.29, 1.82) is 0 Å². The molecule has 0 aliphatic carbocycles. The standard InChI is InChI=1S/C25H20F2N2O2/c1-14-7-9-17(10-8-14)22-23(28-21-6-4-5-15(2)16(21)3)25(31)29(24(22)30)18-11-12-19(26)20(27)13-18/h4-13,28H,1-3H3. The van der Waals surface area contributed by atoms with Crippen LogP contribution in [0.3, 0.4) is 0 Å². The number of benzene rings is 3. The number of aryl methyl sites for hydroxylation is 2. The van der Waals surface area contributed by atoms with Crippen LogP contribution in [0.4, 0.5) is 20.2 Å². The highest BCUT2D eigenvalue weighted by molar-refractivity contribution is 6.46. The predicted molar refractivity (Wildman–Crippen MR) is 116 cm³/mol. The van der Waals surface area contributed by atoms with Crippen LogP contribution in [0.15, 0.2) is 66.4 Å². The van der Waals surface area contributed by atoms with Gasteiger partial charge in [-0.2, -0.15) is 0 Å². The van der Waals surface area contributed by atoms with E-state index in [9.17, 15) is 18.4 Å². The quantitative estimate of drug-likeness (QED) is 0.586. The van der Waals surface area contributed by atoms with Gasteiger partial charge in [0.2, 0.25) is 0 Å². The van der Waals surface area contributed by atoms with Crippen molar-refractivity contribution in [2.45, 2.75) is 20.8 Å². The first-order valence-corrected chi connectivity index (χ1v) is 9.76. The Labute approximate surface area is 178 Å². The largest absolute Gasteiger partial charge is 0.350 e. The van der Waals surface area contributed by atoms with Crippen LogP contribution in [0, 0.1) is 32.4 Å². The number of anilines is 2. The van der Waals surface area contributed by atoms with E-state index in [1.54, 1.807) is 12.1 Å². The van der Waals surface area contributed by atoms with Gasteiger partial charge in [-0.05, 0) is 55.7 Å². The Morgan fingerprint density at radius 2 is 1.52 bits per heavy atom. The normalized spacial score (nSPS) is 13.9. The third-order valence-electron chi connectivity index (χ3n) is 5.45. The molecule has 4 rings (SSSR count). The summed E-state index contributed by atoms with van der Waals surface area (Å²) in [4.78, 5) is 27.5. The molecule has 4 nitrogen and oxygen atoms in total. The second-order valence-electron chi connectivity index (χ2n) is 7.53. The Bertz CT molecular complexity index is 1250. The minimum absolute atomic E-state index is 0.0312. The van der Waals surface area contributed by atoms with E-state index < -0.39 is 23.4 Å². The van der Waals surface area contributed by atoms with Crippen molar-refractivity contribution in [3.05, 3.63) is 100 Å². The van der Waals surface area contributed by atoms with Gasteiger partial charge in [0.05, 0.1) is 11.3 Å².